The lowest BCUT2D eigenvalue weighted by atomic mass is 10.0. The second-order valence-electron chi connectivity index (χ2n) is 4.68. The summed E-state index contributed by atoms with van der Waals surface area (Å²) in [6, 6.07) is 3.58. The van der Waals surface area contributed by atoms with E-state index in [2.05, 4.69) is 20.7 Å². The van der Waals surface area contributed by atoms with Crippen LogP contribution in [0.25, 0.3) is 0 Å². The van der Waals surface area contributed by atoms with Crippen LogP contribution in [0.5, 0.6) is 0 Å². The van der Waals surface area contributed by atoms with Crippen LogP contribution in [0, 0.1) is 6.92 Å². The Morgan fingerprint density at radius 1 is 1.37 bits per heavy atom. The summed E-state index contributed by atoms with van der Waals surface area (Å²) in [4.78, 5) is 0.347. The zero-order valence-electron chi connectivity index (χ0n) is 11.7. The van der Waals surface area contributed by atoms with Crippen molar-refractivity contribution < 1.29 is 13.2 Å². The third kappa shape index (κ3) is 4.27. The number of halogens is 1. The number of nitrogens with one attached hydrogen (secondary N) is 1. The van der Waals surface area contributed by atoms with Gasteiger partial charge in [0.2, 0.25) is 10.0 Å². The molecule has 0 heterocycles. The van der Waals surface area contributed by atoms with Gasteiger partial charge in [0, 0.05) is 18.1 Å². The first-order valence-corrected chi connectivity index (χ1v) is 8.36. The molecule has 0 aliphatic carbocycles. The molecule has 0 aliphatic heterocycles. The zero-order valence-corrected chi connectivity index (χ0v) is 14.1. The molecule has 0 amide bonds. The van der Waals surface area contributed by atoms with Gasteiger partial charge in [-0.05, 0) is 36.1 Å². The van der Waals surface area contributed by atoms with Crippen LogP contribution in [0.2, 0.25) is 0 Å². The van der Waals surface area contributed by atoms with Gasteiger partial charge in [-0.1, -0.05) is 29.8 Å². The maximum absolute atomic E-state index is 12.3. The molecule has 108 valence electrons. The van der Waals surface area contributed by atoms with Crippen LogP contribution in [0.3, 0.4) is 0 Å². The van der Waals surface area contributed by atoms with Gasteiger partial charge in [0.05, 0.1) is 11.5 Å². The molecule has 0 saturated carbocycles. The monoisotopic (exact) mass is 349 g/mol. The highest BCUT2D eigenvalue weighted by Crippen LogP contribution is 2.29. The molecule has 0 aromatic heterocycles. The highest BCUT2D eigenvalue weighted by atomic mass is 79.9. The van der Waals surface area contributed by atoms with Gasteiger partial charge in [-0.25, -0.2) is 13.1 Å². The average molecular weight is 350 g/mol. The fourth-order valence-corrected chi connectivity index (χ4v) is 3.52. The Bertz CT molecular complexity index is 541. The first kappa shape index (κ1) is 16.6. The van der Waals surface area contributed by atoms with Crippen molar-refractivity contribution >= 4 is 26.0 Å². The molecule has 0 bridgehead atoms. The summed E-state index contributed by atoms with van der Waals surface area (Å²) in [5, 5.41) is 0. The second-order valence-corrected chi connectivity index (χ2v) is 7.27. The highest BCUT2D eigenvalue weighted by Gasteiger charge is 2.21. The molecule has 1 aromatic carbocycles. The lowest BCUT2D eigenvalue weighted by Gasteiger charge is -2.16. The molecule has 0 atom stereocenters. The first-order chi connectivity index (χ1) is 8.79. The summed E-state index contributed by atoms with van der Waals surface area (Å²) in [6.07, 6.45) is 0. The molecule has 0 aliphatic rings. The molecule has 19 heavy (non-hydrogen) atoms. The Kier molecular flexibility index (Phi) is 5.98. The van der Waals surface area contributed by atoms with Gasteiger partial charge in [0.1, 0.15) is 0 Å². The quantitative estimate of drug-likeness (QED) is 0.803. The smallest absolute Gasteiger partial charge is 0.240 e. The van der Waals surface area contributed by atoms with E-state index in [4.69, 9.17) is 4.74 Å². The number of hydrogen-bond donors (Lipinski definition) is 1. The van der Waals surface area contributed by atoms with E-state index >= 15 is 0 Å². The van der Waals surface area contributed by atoms with Gasteiger partial charge in [-0.15, -0.1) is 0 Å². The van der Waals surface area contributed by atoms with E-state index in [9.17, 15) is 8.42 Å². The first-order valence-electron chi connectivity index (χ1n) is 6.08. The number of benzene rings is 1. The summed E-state index contributed by atoms with van der Waals surface area (Å²) in [6.45, 7) is 6.45. The van der Waals surface area contributed by atoms with E-state index < -0.39 is 10.0 Å². The average Bonchev–Trinajstić information content (AvgIpc) is 2.31. The minimum absolute atomic E-state index is 0.130. The van der Waals surface area contributed by atoms with Gasteiger partial charge in [-0.3, -0.25) is 0 Å². The van der Waals surface area contributed by atoms with Crippen molar-refractivity contribution in [3.8, 4) is 0 Å². The summed E-state index contributed by atoms with van der Waals surface area (Å²) in [7, 11) is -1.96. The van der Waals surface area contributed by atoms with Crippen molar-refractivity contribution in [2.75, 3.05) is 20.3 Å². The highest BCUT2D eigenvalue weighted by molar-refractivity contribution is 9.10. The molecular weight excluding hydrogens is 330 g/mol. The molecule has 1 N–H and O–H groups in total. The van der Waals surface area contributed by atoms with Gasteiger partial charge in [0.15, 0.2) is 0 Å². The van der Waals surface area contributed by atoms with Crippen molar-refractivity contribution in [3.63, 3.8) is 0 Å². The Morgan fingerprint density at radius 3 is 2.53 bits per heavy atom. The van der Waals surface area contributed by atoms with Crippen molar-refractivity contribution in [2.45, 2.75) is 31.6 Å². The van der Waals surface area contributed by atoms with Crippen molar-refractivity contribution in [2.24, 2.45) is 0 Å². The topological polar surface area (TPSA) is 55.4 Å². The standard InChI is InChI=1S/C13H20BrNO3S/c1-9(2)11-8-12(14)10(3)7-13(11)19(16,17)15-5-6-18-4/h7-9,15H,5-6H2,1-4H3. The summed E-state index contributed by atoms with van der Waals surface area (Å²) in [5.74, 6) is 0.130. The SMILES string of the molecule is COCCNS(=O)(=O)c1cc(C)c(Br)cc1C(C)C. The molecule has 0 fully saturated rings. The van der Waals surface area contributed by atoms with E-state index in [-0.39, 0.29) is 12.5 Å². The van der Waals surface area contributed by atoms with Crippen molar-refractivity contribution in [1.29, 1.82) is 0 Å². The molecule has 0 spiro atoms. The van der Waals surface area contributed by atoms with Crippen LogP contribution in [0.1, 0.15) is 30.9 Å². The van der Waals surface area contributed by atoms with E-state index in [1.165, 1.54) is 7.11 Å². The third-order valence-electron chi connectivity index (χ3n) is 2.80. The fraction of sp³-hybridized carbons (Fsp3) is 0.538. The number of aryl methyl sites for hydroxylation is 1. The minimum Gasteiger partial charge on any atom is -0.383 e. The minimum atomic E-state index is -3.50. The van der Waals surface area contributed by atoms with Gasteiger partial charge in [0.25, 0.3) is 0 Å². The van der Waals surface area contributed by atoms with Crippen LogP contribution in [-0.4, -0.2) is 28.7 Å². The number of ether oxygens (including phenoxy) is 1. The predicted molar refractivity (Wildman–Crippen MR) is 80.0 cm³/mol. The second kappa shape index (κ2) is 6.83. The zero-order chi connectivity index (χ0) is 14.6. The van der Waals surface area contributed by atoms with E-state index in [0.29, 0.717) is 11.5 Å². The molecule has 1 rings (SSSR count). The van der Waals surface area contributed by atoms with Gasteiger partial charge >= 0.3 is 0 Å². The third-order valence-corrected chi connectivity index (χ3v) is 5.17. The lowest BCUT2D eigenvalue weighted by molar-refractivity contribution is 0.204. The largest absolute Gasteiger partial charge is 0.383 e. The van der Waals surface area contributed by atoms with Crippen molar-refractivity contribution in [1.82, 2.24) is 4.72 Å². The Labute approximate surface area is 123 Å². The molecule has 0 saturated heterocycles. The van der Waals surface area contributed by atoms with E-state index in [0.717, 1.165) is 15.6 Å². The fourth-order valence-electron chi connectivity index (χ4n) is 1.71. The van der Waals surface area contributed by atoms with Crippen LogP contribution < -0.4 is 4.72 Å². The maximum Gasteiger partial charge on any atom is 0.240 e. The summed E-state index contributed by atoms with van der Waals surface area (Å²) < 4.78 is 33.0. The molecule has 1 aromatic rings. The molecule has 0 unspecified atom stereocenters. The number of methoxy groups -OCH3 is 1. The molecule has 0 radical (unpaired) electrons. The van der Waals surface area contributed by atoms with E-state index in [1.54, 1.807) is 6.07 Å². The van der Waals surface area contributed by atoms with Crippen LogP contribution in [0.4, 0.5) is 0 Å². The van der Waals surface area contributed by atoms with Crippen LogP contribution in [0.15, 0.2) is 21.5 Å². The normalized spacial score (nSPS) is 12.1. The van der Waals surface area contributed by atoms with Crippen LogP contribution in [-0.2, 0) is 14.8 Å². The molecular formula is C13H20BrNO3S. The number of rotatable bonds is 6. The van der Waals surface area contributed by atoms with Crippen LogP contribution >= 0.6 is 15.9 Å². The Balaban J connectivity index is 3.21. The van der Waals surface area contributed by atoms with Crippen molar-refractivity contribution in [3.05, 3.63) is 27.7 Å². The van der Waals surface area contributed by atoms with Gasteiger partial charge in [-0.2, -0.15) is 0 Å². The Morgan fingerprint density at radius 2 is 2.00 bits per heavy atom. The summed E-state index contributed by atoms with van der Waals surface area (Å²) in [5.41, 5.74) is 1.71. The molecule has 6 heteroatoms. The lowest BCUT2D eigenvalue weighted by Crippen LogP contribution is -2.28. The molecule has 4 nitrogen and oxygen atoms in total. The number of hydrogen-bond acceptors (Lipinski definition) is 3. The number of sulfonamides is 1. The predicted octanol–water partition coefficient (Wildman–Crippen LogP) is 2.81. The summed E-state index contributed by atoms with van der Waals surface area (Å²) >= 11 is 3.44. The maximum atomic E-state index is 12.3. The van der Waals surface area contributed by atoms with E-state index in [1.807, 2.05) is 26.8 Å². The Hall–Kier alpha value is -0.430. The van der Waals surface area contributed by atoms with Gasteiger partial charge < -0.3 is 4.74 Å².